The summed E-state index contributed by atoms with van der Waals surface area (Å²) in [5, 5.41) is 20.8. The van der Waals surface area contributed by atoms with Crippen molar-refractivity contribution >= 4 is 39.6 Å². The van der Waals surface area contributed by atoms with Crippen LogP contribution in [0.5, 0.6) is 5.75 Å². The molecule has 2 N–H and O–H groups in total. The zero-order valence-electron chi connectivity index (χ0n) is 13.8. The van der Waals surface area contributed by atoms with Gasteiger partial charge < -0.3 is 15.2 Å². The van der Waals surface area contributed by atoms with Gasteiger partial charge in [-0.05, 0) is 55.5 Å². The highest BCUT2D eigenvalue weighted by atomic mass is 79.9. The fourth-order valence-electron chi connectivity index (χ4n) is 2.12. The number of ether oxygens (including phenoxy) is 1. The first-order valence-corrected chi connectivity index (χ1v) is 8.42. The molecule has 0 spiro atoms. The number of carboxylic acid groups (broad SMARTS) is 1. The van der Waals surface area contributed by atoms with E-state index in [0.717, 1.165) is 4.47 Å². The highest BCUT2D eigenvalue weighted by molar-refractivity contribution is 9.10. The molecule has 0 saturated carbocycles. The van der Waals surface area contributed by atoms with E-state index in [1.807, 2.05) is 13.0 Å². The summed E-state index contributed by atoms with van der Waals surface area (Å²) < 4.78 is 6.30. The van der Waals surface area contributed by atoms with E-state index in [1.165, 1.54) is 30.3 Å². The van der Waals surface area contributed by atoms with E-state index in [1.54, 1.807) is 18.2 Å². The van der Waals surface area contributed by atoms with Crippen molar-refractivity contribution in [2.75, 3.05) is 11.9 Å². The van der Waals surface area contributed by atoms with Crippen molar-refractivity contribution in [3.05, 3.63) is 63.6 Å². The van der Waals surface area contributed by atoms with Crippen LogP contribution < -0.4 is 10.1 Å². The normalized spacial score (nSPS) is 10.7. The Balaban J connectivity index is 2.26. The highest BCUT2D eigenvalue weighted by Crippen LogP contribution is 2.26. The molecule has 6 nitrogen and oxygen atoms in total. The first-order valence-electron chi connectivity index (χ1n) is 7.63. The molecule has 2 rings (SSSR count). The topological polar surface area (TPSA) is 99.4 Å². The van der Waals surface area contributed by atoms with Gasteiger partial charge in [0, 0.05) is 15.7 Å². The minimum Gasteiger partial charge on any atom is -0.493 e. The average Bonchev–Trinajstić information content (AvgIpc) is 2.62. The zero-order valence-corrected chi connectivity index (χ0v) is 15.4. The lowest BCUT2D eigenvalue weighted by Gasteiger charge is -2.09. The molecule has 7 heteroatoms. The lowest BCUT2D eigenvalue weighted by atomic mass is 10.1. The van der Waals surface area contributed by atoms with Gasteiger partial charge in [0.15, 0.2) is 0 Å². The predicted molar refractivity (Wildman–Crippen MR) is 101 cm³/mol. The zero-order chi connectivity index (χ0) is 19.1. The summed E-state index contributed by atoms with van der Waals surface area (Å²) in [6, 6.07) is 12.8. The molecule has 0 heterocycles. The van der Waals surface area contributed by atoms with Crippen LogP contribution in [0.2, 0.25) is 0 Å². The second kappa shape index (κ2) is 8.83. The number of nitrogens with one attached hydrogen (secondary N) is 1. The Morgan fingerprint density at radius 2 is 1.96 bits per heavy atom. The maximum atomic E-state index is 12.4. The molecule has 0 aliphatic carbocycles. The molecular formula is C19H15BrN2O4. The summed E-state index contributed by atoms with van der Waals surface area (Å²) in [6.07, 6.45) is 1.44. The van der Waals surface area contributed by atoms with Gasteiger partial charge in [0.2, 0.25) is 0 Å². The predicted octanol–water partition coefficient (Wildman–Crippen LogP) is 4.09. The van der Waals surface area contributed by atoms with Gasteiger partial charge in [-0.3, -0.25) is 4.79 Å². The van der Waals surface area contributed by atoms with Crippen molar-refractivity contribution in [2.45, 2.75) is 6.92 Å². The summed E-state index contributed by atoms with van der Waals surface area (Å²) in [5.41, 5.74) is 0.982. The monoisotopic (exact) mass is 414 g/mol. The number of nitrogens with zero attached hydrogens (tertiary/aromatic N) is 1. The Morgan fingerprint density at radius 3 is 2.54 bits per heavy atom. The van der Waals surface area contributed by atoms with E-state index in [9.17, 15) is 14.9 Å². The number of anilines is 1. The van der Waals surface area contributed by atoms with E-state index >= 15 is 0 Å². The van der Waals surface area contributed by atoms with Crippen LogP contribution in [0, 0.1) is 11.3 Å². The number of aromatic carboxylic acids is 1. The van der Waals surface area contributed by atoms with Gasteiger partial charge >= 0.3 is 5.97 Å². The molecule has 0 fully saturated rings. The molecule has 0 aromatic heterocycles. The molecule has 0 radical (unpaired) electrons. The summed E-state index contributed by atoms with van der Waals surface area (Å²) >= 11 is 3.35. The van der Waals surface area contributed by atoms with Crippen LogP contribution in [0.1, 0.15) is 22.8 Å². The van der Waals surface area contributed by atoms with Crippen LogP contribution in [0.25, 0.3) is 6.08 Å². The third kappa shape index (κ3) is 4.94. The highest BCUT2D eigenvalue weighted by Gasteiger charge is 2.12. The lowest BCUT2D eigenvalue weighted by molar-refractivity contribution is -0.112. The van der Waals surface area contributed by atoms with Crippen LogP contribution in [-0.2, 0) is 4.79 Å². The van der Waals surface area contributed by atoms with Crippen molar-refractivity contribution in [1.82, 2.24) is 0 Å². The van der Waals surface area contributed by atoms with Crippen LogP contribution in [0.15, 0.2) is 52.5 Å². The number of carboxylic acids is 1. The fraction of sp³-hybridized carbons (Fsp3) is 0.105. The van der Waals surface area contributed by atoms with Crippen molar-refractivity contribution < 1.29 is 19.4 Å². The number of hydrogen-bond acceptors (Lipinski definition) is 4. The number of rotatable bonds is 6. The third-order valence-corrected chi connectivity index (χ3v) is 3.82. The first-order chi connectivity index (χ1) is 12.4. The van der Waals surface area contributed by atoms with E-state index in [2.05, 4.69) is 21.2 Å². The Hall–Kier alpha value is -3.11. The van der Waals surface area contributed by atoms with Crippen molar-refractivity contribution in [1.29, 1.82) is 5.26 Å². The molecule has 132 valence electrons. The average molecular weight is 415 g/mol. The Morgan fingerprint density at radius 1 is 1.27 bits per heavy atom. The minimum atomic E-state index is -1.06. The van der Waals surface area contributed by atoms with Crippen molar-refractivity contribution in [3.8, 4) is 11.8 Å². The number of hydrogen-bond donors (Lipinski definition) is 2. The molecule has 0 saturated heterocycles. The maximum Gasteiger partial charge on any atom is 0.335 e. The van der Waals surface area contributed by atoms with Crippen LogP contribution in [0.4, 0.5) is 5.69 Å². The molecule has 0 unspecified atom stereocenters. The fourth-order valence-corrected chi connectivity index (χ4v) is 2.50. The number of amides is 1. The molecule has 0 atom stereocenters. The second-order valence-electron chi connectivity index (χ2n) is 5.12. The van der Waals surface area contributed by atoms with Gasteiger partial charge in [0.1, 0.15) is 17.4 Å². The van der Waals surface area contributed by atoms with Gasteiger partial charge in [-0.15, -0.1) is 0 Å². The largest absolute Gasteiger partial charge is 0.493 e. The van der Waals surface area contributed by atoms with E-state index < -0.39 is 11.9 Å². The molecule has 0 bridgehead atoms. The van der Waals surface area contributed by atoms with Crippen LogP contribution in [0.3, 0.4) is 0 Å². The third-order valence-electron chi connectivity index (χ3n) is 3.33. The SMILES string of the molecule is CCOc1ccc(Br)cc1/C=C(\C#N)C(=O)Nc1ccc(C(=O)O)cc1. The van der Waals surface area contributed by atoms with Gasteiger partial charge in [0.05, 0.1) is 12.2 Å². The van der Waals surface area contributed by atoms with Crippen molar-refractivity contribution in [2.24, 2.45) is 0 Å². The number of carbonyl (C=O) groups excluding carboxylic acids is 1. The van der Waals surface area contributed by atoms with E-state index in [4.69, 9.17) is 9.84 Å². The van der Waals surface area contributed by atoms with Crippen LogP contribution in [-0.4, -0.2) is 23.6 Å². The quantitative estimate of drug-likeness (QED) is 0.547. The number of halogens is 1. The van der Waals surface area contributed by atoms with E-state index in [-0.39, 0.29) is 11.1 Å². The minimum absolute atomic E-state index is 0.105. The first kappa shape index (κ1) is 19.2. The molecule has 2 aromatic rings. The number of benzene rings is 2. The summed E-state index contributed by atoms with van der Waals surface area (Å²) in [6.45, 7) is 2.29. The summed E-state index contributed by atoms with van der Waals surface area (Å²) in [5.74, 6) is -1.10. The van der Waals surface area contributed by atoms with Crippen molar-refractivity contribution in [3.63, 3.8) is 0 Å². The van der Waals surface area contributed by atoms with Crippen LogP contribution >= 0.6 is 15.9 Å². The second-order valence-corrected chi connectivity index (χ2v) is 6.04. The van der Waals surface area contributed by atoms with Gasteiger partial charge in [0.25, 0.3) is 5.91 Å². The molecule has 0 aliphatic rings. The van der Waals surface area contributed by atoms with Gasteiger partial charge in [-0.2, -0.15) is 5.26 Å². The maximum absolute atomic E-state index is 12.4. The summed E-state index contributed by atoms with van der Waals surface area (Å²) in [4.78, 5) is 23.2. The molecule has 1 amide bonds. The Labute approximate surface area is 158 Å². The number of nitriles is 1. The molecule has 2 aromatic carbocycles. The Kier molecular flexibility index (Phi) is 6.53. The van der Waals surface area contributed by atoms with E-state index in [0.29, 0.717) is 23.6 Å². The Bertz CT molecular complexity index is 899. The lowest BCUT2D eigenvalue weighted by Crippen LogP contribution is -2.13. The molecule has 0 aliphatic heterocycles. The number of carbonyl (C=O) groups is 2. The van der Waals surface area contributed by atoms with Gasteiger partial charge in [-0.25, -0.2) is 4.79 Å². The summed E-state index contributed by atoms with van der Waals surface area (Å²) in [7, 11) is 0. The standard InChI is InChI=1S/C19H15BrN2O4/c1-2-26-17-8-5-15(20)10-13(17)9-14(11-21)18(23)22-16-6-3-12(4-7-16)19(24)25/h3-10H,2H2,1H3,(H,22,23)(H,24,25)/b14-9+. The molecule has 26 heavy (non-hydrogen) atoms. The van der Waals surface area contributed by atoms with Gasteiger partial charge in [-0.1, -0.05) is 15.9 Å². The smallest absolute Gasteiger partial charge is 0.335 e. The molecular weight excluding hydrogens is 400 g/mol.